The average molecular weight is 385 g/mol. The first-order valence-corrected chi connectivity index (χ1v) is 10.2. The summed E-state index contributed by atoms with van der Waals surface area (Å²) in [7, 11) is 0. The zero-order chi connectivity index (χ0) is 19.3. The Morgan fingerprint density at radius 1 is 1.21 bits per heavy atom. The van der Waals surface area contributed by atoms with Gasteiger partial charge in [-0.3, -0.25) is 0 Å². The van der Waals surface area contributed by atoms with Gasteiger partial charge in [-0.25, -0.2) is 9.18 Å². The smallest absolute Gasteiger partial charge is 0.410 e. The molecule has 1 atom stereocenters. The summed E-state index contributed by atoms with van der Waals surface area (Å²) in [6.07, 6.45) is 5.41. The fraction of sp³-hybridized carbons (Fsp3) is 0.619. The van der Waals surface area contributed by atoms with E-state index < -0.39 is 5.82 Å². The summed E-state index contributed by atoms with van der Waals surface area (Å²) in [5.41, 5.74) is 0.770. The first-order chi connectivity index (χ1) is 13.6. The second kappa shape index (κ2) is 6.93. The zero-order valence-corrected chi connectivity index (χ0v) is 15.7. The molecular weight excluding hydrogens is 361 g/mol. The van der Waals surface area contributed by atoms with Crippen molar-refractivity contribution in [3.8, 4) is 6.07 Å². The van der Waals surface area contributed by atoms with E-state index in [1.807, 2.05) is 15.9 Å². The van der Waals surface area contributed by atoms with Crippen LogP contribution in [0.5, 0.6) is 0 Å². The number of ether oxygens (including phenoxy) is 2. The SMILES string of the molecule is N#Cc1ccc(N2CCCC(OC(=O)N3C4CC5CC3CC(C4)O5)C2)c(F)c1. The third-order valence-corrected chi connectivity index (χ3v) is 6.59. The molecule has 0 spiro atoms. The van der Waals surface area contributed by atoms with Crippen LogP contribution in [0.25, 0.3) is 0 Å². The van der Waals surface area contributed by atoms with Crippen molar-refractivity contribution in [1.29, 1.82) is 5.26 Å². The summed E-state index contributed by atoms with van der Waals surface area (Å²) in [5.74, 6) is -0.407. The largest absolute Gasteiger partial charge is 0.444 e. The Kier molecular flexibility index (Phi) is 4.39. The number of hydrogen-bond acceptors (Lipinski definition) is 5. The van der Waals surface area contributed by atoms with Gasteiger partial charge in [0.25, 0.3) is 0 Å². The Hall–Kier alpha value is -2.33. The van der Waals surface area contributed by atoms with Crippen molar-refractivity contribution in [1.82, 2.24) is 4.90 Å². The van der Waals surface area contributed by atoms with Crippen molar-refractivity contribution in [2.75, 3.05) is 18.0 Å². The lowest BCUT2D eigenvalue weighted by molar-refractivity contribution is -0.174. The monoisotopic (exact) mass is 385 g/mol. The quantitative estimate of drug-likeness (QED) is 0.782. The Morgan fingerprint density at radius 2 is 1.93 bits per heavy atom. The number of nitriles is 1. The highest BCUT2D eigenvalue weighted by Crippen LogP contribution is 2.43. The molecule has 5 aliphatic rings. The van der Waals surface area contributed by atoms with Gasteiger partial charge >= 0.3 is 6.09 Å². The van der Waals surface area contributed by atoms with Crippen LogP contribution >= 0.6 is 0 Å². The van der Waals surface area contributed by atoms with Gasteiger partial charge in [0.1, 0.15) is 11.9 Å². The van der Waals surface area contributed by atoms with E-state index in [4.69, 9.17) is 14.7 Å². The van der Waals surface area contributed by atoms with Gasteiger partial charge in [0, 0.05) is 18.6 Å². The van der Waals surface area contributed by atoms with Crippen molar-refractivity contribution < 1.29 is 18.7 Å². The summed E-state index contributed by atoms with van der Waals surface area (Å²) in [4.78, 5) is 16.8. The Bertz CT molecular complexity index is 796. The topological polar surface area (TPSA) is 65.8 Å². The van der Waals surface area contributed by atoms with Crippen LogP contribution in [0, 0.1) is 17.1 Å². The number of rotatable bonds is 2. The lowest BCUT2D eigenvalue weighted by Gasteiger charge is -2.55. The van der Waals surface area contributed by atoms with Gasteiger partial charge in [-0.1, -0.05) is 0 Å². The summed E-state index contributed by atoms with van der Waals surface area (Å²) >= 11 is 0. The second-order valence-corrected chi connectivity index (χ2v) is 8.41. The van der Waals surface area contributed by atoms with Gasteiger partial charge in [-0.2, -0.15) is 5.26 Å². The van der Waals surface area contributed by atoms with E-state index in [2.05, 4.69) is 0 Å². The molecule has 4 bridgehead atoms. The highest BCUT2D eigenvalue weighted by atomic mass is 19.1. The van der Waals surface area contributed by atoms with E-state index in [9.17, 15) is 9.18 Å². The summed E-state index contributed by atoms with van der Waals surface area (Å²) in [5, 5.41) is 8.92. The highest BCUT2D eigenvalue weighted by Gasteiger charge is 2.50. The molecule has 28 heavy (non-hydrogen) atoms. The maximum atomic E-state index is 14.4. The minimum absolute atomic E-state index is 0.221. The van der Waals surface area contributed by atoms with Crippen molar-refractivity contribution in [2.24, 2.45) is 0 Å². The predicted molar refractivity (Wildman–Crippen MR) is 99.4 cm³/mol. The molecule has 1 unspecified atom stereocenters. The first-order valence-electron chi connectivity index (χ1n) is 10.2. The van der Waals surface area contributed by atoms with E-state index in [1.165, 1.54) is 6.07 Å². The van der Waals surface area contributed by atoms with Crippen LogP contribution in [-0.2, 0) is 9.47 Å². The van der Waals surface area contributed by atoms with Crippen LogP contribution in [0.15, 0.2) is 18.2 Å². The molecule has 5 fully saturated rings. The third-order valence-electron chi connectivity index (χ3n) is 6.59. The average Bonchev–Trinajstić information content (AvgIpc) is 2.67. The van der Waals surface area contributed by atoms with Crippen LogP contribution in [0.3, 0.4) is 0 Å². The number of benzene rings is 1. The summed E-state index contributed by atoms with van der Waals surface area (Å²) in [6.45, 7) is 1.19. The molecule has 0 saturated carbocycles. The Labute approximate surface area is 163 Å². The molecule has 148 valence electrons. The molecule has 0 radical (unpaired) electrons. The molecule has 5 aliphatic heterocycles. The van der Waals surface area contributed by atoms with Gasteiger partial charge in [0.05, 0.1) is 36.1 Å². The van der Waals surface area contributed by atoms with Crippen LogP contribution in [0.1, 0.15) is 44.1 Å². The Morgan fingerprint density at radius 3 is 2.57 bits per heavy atom. The van der Waals surface area contributed by atoms with Gasteiger partial charge in [0.2, 0.25) is 0 Å². The highest BCUT2D eigenvalue weighted by molar-refractivity contribution is 5.69. The number of hydrogen-bond donors (Lipinski definition) is 0. The fourth-order valence-electron chi connectivity index (χ4n) is 5.43. The van der Waals surface area contributed by atoms with Crippen LogP contribution < -0.4 is 4.90 Å². The number of anilines is 1. The Balaban J connectivity index is 1.25. The van der Waals surface area contributed by atoms with E-state index in [1.54, 1.807) is 12.1 Å². The minimum Gasteiger partial charge on any atom is -0.444 e. The van der Waals surface area contributed by atoms with Crippen molar-refractivity contribution in [3.05, 3.63) is 29.6 Å². The standard InChI is InChI=1S/C21H24FN3O3/c22-19-6-13(11-23)3-4-20(19)24-5-1-2-16(12-24)28-21(26)25-14-7-17-9-15(25)10-18(8-14)27-17/h3-4,6,14-18H,1-2,5,7-10,12H2. The van der Waals surface area contributed by atoms with Crippen LogP contribution in [0.4, 0.5) is 14.9 Å². The van der Waals surface area contributed by atoms with E-state index in [0.29, 0.717) is 36.5 Å². The molecule has 0 N–H and O–H groups in total. The molecule has 6 rings (SSSR count). The number of halogens is 1. The van der Waals surface area contributed by atoms with E-state index >= 15 is 0 Å². The van der Waals surface area contributed by atoms with Gasteiger partial charge < -0.3 is 19.3 Å². The summed E-state index contributed by atoms with van der Waals surface area (Å²) in [6, 6.07) is 6.94. The number of nitrogens with zero attached hydrogens (tertiary/aromatic N) is 3. The van der Waals surface area contributed by atoms with E-state index in [0.717, 1.165) is 38.5 Å². The molecule has 1 aromatic rings. The maximum Gasteiger partial charge on any atom is 0.410 e. The molecule has 5 heterocycles. The normalized spacial score (nSPS) is 33.6. The fourth-order valence-corrected chi connectivity index (χ4v) is 5.43. The van der Waals surface area contributed by atoms with Crippen LogP contribution in [0.2, 0.25) is 0 Å². The van der Waals surface area contributed by atoms with Crippen LogP contribution in [-0.4, -0.2) is 54.5 Å². The number of carbonyl (C=O) groups excluding carboxylic acids is 1. The van der Waals surface area contributed by atoms with Crippen molar-refractivity contribution in [3.63, 3.8) is 0 Å². The molecule has 1 amide bonds. The number of carbonyl (C=O) groups is 1. The van der Waals surface area contributed by atoms with Crippen molar-refractivity contribution >= 4 is 11.8 Å². The molecule has 7 heteroatoms. The minimum atomic E-state index is -0.407. The van der Waals surface area contributed by atoms with Gasteiger partial charge in [-0.15, -0.1) is 0 Å². The molecular formula is C21H24FN3O3. The lowest BCUT2D eigenvalue weighted by atomic mass is 9.78. The molecule has 6 nitrogen and oxygen atoms in total. The number of piperidine rings is 3. The van der Waals surface area contributed by atoms with Gasteiger partial charge in [0.15, 0.2) is 0 Å². The molecule has 0 aromatic heterocycles. The second-order valence-electron chi connectivity index (χ2n) is 8.41. The molecule has 5 saturated heterocycles. The zero-order valence-electron chi connectivity index (χ0n) is 15.7. The van der Waals surface area contributed by atoms with Gasteiger partial charge in [-0.05, 0) is 56.7 Å². The number of amides is 1. The first kappa shape index (κ1) is 17.7. The third kappa shape index (κ3) is 3.10. The summed E-state index contributed by atoms with van der Waals surface area (Å²) < 4.78 is 26.2. The molecule has 1 aromatic carbocycles. The molecule has 0 aliphatic carbocycles. The maximum absolute atomic E-state index is 14.4. The lowest BCUT2D eigenvalue weighted by Crippen LogP contribution is -2.64. The predicted octanol–water partition coefficient (Wildman–Crippen LogP) is 3.20. The van der Waals surface area contributed by atoms with Crippen molar-refractivity contribution in [2.45, 2.75) is 68.9 Å². The van der Waals surface area contributed by atoms with E-state index in [-0.39, 0.29) is 24.3 Å².